The molecule has 0 aliphatic rings. The van der Waals surface area contributed by atoms with Crippen LogP contribution in [0.5, 0.6) is 0 Å². The fourth-order valence-electron chi connectivity index (χ4n) is 3.62. The van der Waals surface area contributed by atoms with Crippen molar-refractivity contribution in [1.82, 2.24) is 0 Å². The molecule has 0 aromatic carbocycles. The van der Waals surface area contributed by atoms with E-state index in [-0.39, 0.29) is 51.1 Å². The minimum Gasteiger partial charge on any atom is -0.481 e. The van der Waals surface area contributed by atoms with E-state index in [9.17, 15) is 24.9 Å². The number of rotatable bonds is 20. The Bertz CT molecular complexity index is 653. The van der Waals surface area contributed by atoms with Crippen LogP contribution in [0.2, 0.25) is 0 Å². The SMILES string of the molecule is COC(CO)OC(CO)CC(C)(C)C(C)(C)OC(COC(=O)CCCC(=O)O)OC(CO)CC(C)(C)C. The summed E-state index contributed by atoms with van der Waals surface area (Å²) in [6.45, 7) is 12.4. The zero-order valence-corrected chi connectivity index (χ0v) is 23.8. The van der Waals surface area contributed by atoms with Gasteiger partial charge in [-0.25, -0.2) is 0 Å². The van der Waals surface area contributed by atoms with E-state index in [0.29, 0.717) is 12.8 Å². The lowest BCUT2D eigenvalue weighted by Crippen LogP contribution is -2.49. The number of carboxylic acid groups (broad SMARTS) is 1. The summed E-state index contributed by atoms with van der Waals surface area (Å²) in [5.74, 6) is -1.56. The van der Waals surface area contributed by atoms with Crippen LogP contribution in [-0.4, -0.2) is 96.3 Å². The molecule has 4 atom stereocenters. The Morgan fingerprint density at radius 1 is 0.784 bits per heavy atom. The van der Waals surface area contributed by atoms with E-state index in [1.807, 2.05) is 48.5 Å². The number of carbonyl (C=O) groups excluding carboxylic acids is 1. The number of aliphatic carboxylic acids is 1. The minimum absolute atomic E-state index is 0.0552. The summed E-state index contributed by atoms with van der Waals surface area (Å²) in [5.41, 5.74) is -1.65. The molecule has 0 heterocycles. The zero-order valence-electron chi connectivity index (χ0n) is 23.8. The first kappa shape index (κ1) is 35.7. The van der Waals surface area contributed by atoms with Gasteiger partial charge < -0.3 is 44.1 Å². The molecule has 37 heavy (non-hydrogen) atoms. The molecule has 0 fully saturated rings. The van der Waals surface area contributed by atoms with E-state index in [1.54, 1.807) is 0 Å². The van der Waals surface area contributed by atoms with Gasteiger partial charge in [0, 0.05) is 20.0 Å². The van der Waals surface area contributed by atoms with E-state index in [2.05, 4.69) is 0 Å². The normalized spacial score (nSPS) is 16.2. The Morgan fingerprint density at radius 3 is 1.78 bits per heavy atom. The van der Waals surface area contributed by atoms with Gasteiger partial charge in [0.05, 0.1) is 37.6 Å². The molecule has 4 N–H and O–H groups in total. The summed E-state index contributed by atoms with van der Waals surface area (Å²) in [5, 5.41) is 37.9. The van der Waals surface area contributed by atoms with E-state index in [1.165, 1.54) is 7.11 Å². The topological polar surface area (TPSA) is 161 Å². The predicted molar refractivity (Wildman–Crippen MR) is 136 cm³/mol. The van der Waals surface area contributed by atoms with E-state index in [4.69, 9.17) is 28.8 Å². The summed E-state index contributed by atoms with van der Waals surface area (Å²) >= 11 is 0. The van der Waals surface area contributed by atoms with Crippen LogP contribution in [0.3, 0.4) is 0 Å². The fourth-order valence-corrected chi connectivity index (χ4v) is 3.62. The molecule has 11 heteroatoms. The maximum atomic E-state index is 12.2. The fraction of sp³-hybridized carbons (Fsp3) is 0.923. The van der Waals surface area contributed by atoms with Crippen LogP contribution in [0.15, 0.2) is 0 Å². The Labute approximate surface area is 221 Å². The van der Waals surface area contributed by atoms with Crippen molar-refractivity contribution in [3.8, 4) is 0 Å². The average molecular weight is 539 g/mol. The van der Waals surface area contributed by atoms with Crippen molar-refractivity contribution in [3.63, 3.8) is 0 Å². The number of aliphatic hydroxyl groups is 3. The van der Waals surface area contributed by atoms with Gasteiger partial charge in [-0.2, -0.15) is 0 Å². The third-order valence-electron chi connectivity index (χ3n) is 6.29. The molecule has 0 aromatic rings. The molecule has 0 radical (unpaired) electrons. The number of hydrogen-bond acceptors (Lipinski definition) is 10. The van der Waals surface area contributed by atoms with Gasteiger partial charge >= 0.3 is 11.9 Å². The van der Waals surface area contributed by atoms with Crippen molar-refractivity contribution >= 4 is 11.9 Å². The molecular weight excluding hydrogens is 488 g/mol. The molecule has 0 aromatic heterocycles. The van der Waals surface area contributed by atoms with Crippen LogP contribution >= 0.6 is 0 Å². The van der Waals surface area contributed by atoms with Gasteiger partial charge in [0.15, 0.2) is 12.6 Å². The van der Waals surface area contributed by atoms with Crippen LogP contribution in [0, 0.1) is 10.8 Å². The summed E-state index contributed by atoms with van der Waals surface area (Å²) in [4.78, 5) is 22.9. The maximum absolute atomic E-state index is 12.2. The molecule has 4 unspecified atom stereocenters. The molecule has 0 aliphatic carbocycles. The molecule has 0 amide bonds. The molecular formula is C26H50O11. The number of methoxy groups -OCH3 is 1. The van der Waals surface area contributed by atoms with Gasteiger partial charge in [-0.05, 0) is 43.9 Å². The van der Waals surface area contributed by atoms with Gasteiger partial charge in [0.1, 0.15) is 6.61 Å². The molecule has 0 spiro atoms. The molecule has 0 rings (SSSR count). The van der Waals surface area contributed by atoms with E-state index in [0.717, 1.165) is 0 Å². The number of carbonyl (C=O) groups is 2. The highest BCUT2D eigenvalue weighted by molar-refractivity contribution is 5.71. The Hall–Kier alpha value is -1.34. The summed E-state index contributed by atoms with van der Waals surface area (Å²) in [6.07, 6.45) is -2.29. The third kappa shape index (κ3) is 15.0. The maximum Gasteiger partial charge on any atom is 0.305 e. The smallest absolute Gasteiger partial charge is 0.305 e. The zero-order chi connectivity index (χ0) is 28.9. The Balaban J connectivity index is 5.56. The van der Waals surface area contributed by atoms with Crippen molar-refractivity contribution in [3.05, 3.63) is 0 Å². The van der Waals surface area contributed by atoms with E-state index >= 15 is 0 Å². The van der Waals surface area contributed by atoms with Gasteiger partial charge in [-0.3, -0.25) is 9.59 Å². The predicted octanol–water partition coefficient (Wildman–Crippen LogP) is 2.48. The standard InChI is InChI=1S/C26H50O11/c1-24(2,3)12-18(14-27)36-23(17-34-21(32)11-9-10-20(30)31)37-26(6,7)25(4,5)13-19(15-28)35-22(16-29)33-8/h18-19,22-23,27-29H,9-17H2,1-8H3,(H,30,31). The molecule has 0 saturated heterocycles. The summed E-state index contributed by atoms with van der Waals surface area (Å²) < 4.78 is 28.4. The van der Waals surface area contributed by atoms with E-state index < -0.39 is 47.7 Å². The Kier molecular flexibility index (Phi) is 16.0. The first-order valence-corrected chi connectivity index (χ1v) is 12.7. The molecule has 220 valence electrons. The van der Waals surface area contributed by atoms with Crippen LogP contribution in [0.1, 0.15) is 80.6 Å². The second-order valence-corrected chi connectivity index (χ2v) is 11.6. The quantitative estimate of drug-likeness (QED) is 0.133. The van der Waals surface area contributed by atoms with Crippen LogP contribution in [0.25, 0.3) is 0 Å². The third-order valence-corrected chi connectivity index (χ3v) is 6.29. The lowest BCUT2D eigenvalue weighted by Gasteiger charge is -2.45. The number of hydrogen-bond donors (Lipinski definition) is 4. The van der Waals surface area contributed by atoms with Crippen molar-refractivity contribution in [2.45, 2.75) is 111 Å². The van der Waals surface area contributed by atoms with Crippen molar-refractivity contribution in [2.24, 2.45) is 10.8 Å². The number of esters is 1. The highest BCUT2D eigenvalue weighted by Gasteiger charge is 2.43. The first-order valence-electron chi connectivity index (χ1n) is 12.7. The Morgan fingerprint density at radius 2 is 1.32 bits per heavy atom. The number of carboxylic acids is 1. The monoisotopic (exact) mass is 538 g/mol. The summed E-state index contributed by atoms with van der Waals surface area (Å²) in [7, 11) is 1.40. The minimum atomic E-state index is -1.02. The van der Waals surface area contributed by atoms with Gasteiger partial charge in [-0.15, -0.1) is 0 Å². The number of aliphatic hydroxyl groups excluding tert-OH is 3. The van der Waals surface area contributed by atoms with Crippen molar-refractivity contribution in [1.29, 1.82) is 0 Å². The molecule has 0 aliphatic heterocycles. The highest BCUT2D eigenvalue weighted by Crippen LogP contribution is 2.40. The highest BCUT2D eigenvalue weighted by atomic mass is 16.7. The van der Waals surface area contributed by atoms with Crippen molar-refractivity contribution in [2.75, 3.05) is 33.5 Å². The molecule has 0 bridgehead atoms. The number of ether oxygens (including phenoxy) is 5. The lowest BCUT2D eigenvalue weighted by molar-refractivity contribution is -0.271. The largest absolute Gasteiger partial charge is 0.481 e. The van der Waals surface area contributed by atoms with Crippen LogP contribution < -0.4 is 0 Å². The summed E-state index contributed by atoms with van der Waals surface area (Å²) in [6, 6.07) is 0. The van der Waals surface area contributed by atoms with Gasteiger partial charge in [0.2, 0.25) is 0 Å². The average Bonchev–Trinajstić information content (AvgIpc) is 2.78. The molecule has 11 nitrogen and oxygen atoms in total. The first-order chi connectivity index (χ1) is 17.0. The molecule has 0 saturated carbocycles. The van der Waals surface area contributed by atoms with Crippen LogP contribution in [0.4, 0.5) is 0 Å². The van der Waals surface area contributed by atoms with Gasteiger partial charge in [-0.1, -0.05) is 34.6 Å². The lowest BCUT2D eigenvalue weighted by atomic mass is 9.73. The second-order valence-electron chi connectivity index (χ2n) is 11.6. The van der Waals surface area contributed by atoms with Crippen molar-refractivity contribution < 1.29 is 53.7 Å². The second kappa shape index (κ2) is 16.6. The van der Waals surface area contributed by atoms with Gasteiger partial charge in [0.25, 0.3) is 0 Å². The van der Waals surface area contributed by atoms with Crippen LogP contribution in [-0.2, 0) is 33.3 Å².